The first-order chi connectivity index (χ1) is 10.5. The molecule has 2 rings (SSSR count). The van der Waals surface area contributed by atoms with E-state index in [-0.39, 0.29) is 11.2 Å². The van der Waals surface area contributed by atoms with Crippen LogP contribution in [0.1, 0.15) is 26.1 Å². The fraction of sp³-hybridized carbons (Fsp3) is 0.357. The van der Waals surface area contributed by atoms with Crippen molar-refractivity contribution in [1.82, 2.24) is 15.2 Å². The van der Waals surface area contributed by atoms with Crippen LogP contribution in [0.4, 0.5) is 5.69 Å². The number of amides is 1. The van der Waals surface area contributed by atoms with Gasteiger partial charge in [0.25, 0.3) is 0 Å². The summed E-state index contributed by atoms with van der Waals surface area (Å²) in [5.41, 5.74) is 0.494. The van der Waals surface area contributed by atoms with Crippen LogP contribution in [-0.4, -0.2) is 26.3 Å². The number of H-pyrrole nitrogens is 1. The Morgan fingerprint density at radius 3 is 2.95 bits per heavy atom. The molecular formula is C14H16Cl2N4OS. The predicted molar refractivity (Wildman–Crippen MR) is 90.8 cm³/mol. The molecule has 1 aromatic carbocycles. The minimum absolute atomic E-state index is 0.184. The Hall–Kier alpha value is -1.24. The van der Waals surface area contributed by atoms with E-state index in [0.717, 1.165) is 18.7 Å². The predicted octanol–water partition coefficient (Wildman–Crippen LogP) is 4.18. The zero-order valence-corrected chi connectivity index (χ0v) is 14.5. The molecule has 1 atom stereocenters. The van der Waals surface area contributed by atoms with Gasteiger partial charge in [0.05, 0.1) is 21.0 Å². The highest BCUT2D eigenvalue weighted by Gasteiger charge is 2.18. The molecule has 5 nitrogen and oxygen atoms in total. The van der Waals surface area contributed by atoms with Crippen LogP contribution in [0.15, 0.2) is 23.4 Å². The Kier molecular flexibility index (Phi) is 6.11. The molecule has 22 heavy (non-hydrogen) atoms. The number of carbonyl (C=O) groups is 1. The fourth-order valence-electron chi connectivity index (χ4n) is 1.73. The highest BCUT2D eigenvalue weighted by Crippen LogP contribution is 2.30. The second-order valence-electron chi connectivity index (χ2n) is 4.67. The Morgan fingerprint density at radius 1 is 1.45 bits per heavy atom. The molecule has 1 unspecified atom stereocenters. The molecule has 0 aliphatic heterocycles. The number of hydrogen-bond donors (Lipinski definition) is 2. The molecule has 8 heteroatoms. The molecule has 1 amide bonds. The molecule has 2 N–H and O–H groups in total. The van der Waals surface area contributed by atoms with Gasteiger partial charge in [-0.1, -0.05) is 48.0 Å². The molecule has 118 valence electrons. The minimum Gasteiger partial charge on any atom is -0.324 e. The van der Waals surface area contributed by atoms with Crippen molar-refractivity contribution in [3.8, 4) is 0 Å². The van der Waals surface area contributed by atoms with E-state index in [4.69, 9.17) is 23.2 Å². The van der Waals surface area contributed by atoms with E-state index in [1.807, 2.05) is 0 Å². The number of benzene rings is 1. The first kappa shape index (κ1) is 17.1. The van der Waals surface area contributed by atoms with Gasteiger partial charge in [0, 0.05) is 6.42 Å². The minimum atomic E-state index is -0.361. The second-order valence-corrected chi connectivity index (χ2v) is 6.76. The Bertz CT molecular complexity index is 662. The number of nitrogens with one attached hydrogen (secondary N) is 2. The highest BCUT2D eigenvalue weighted by molar-refractivity contribution is 8.00. The van der Waals surface area contributed by atoms with Crippen molar-refractivity contribution in [2.24, 2.45) is 0 Å². The van der Waals surface area contributed by atoms with Gasteiger partial charge in [-0.2, -0.15) is 0 Å². The molecule has 0 radical (unpaired) electrons. The molecule has 0 bridgehead atoms. The summed E-state index contributed by atoms with van der Waals surface area (Å²) < 4.78 is 0. The normalized spacial score (nSPS) is 12.2. The van der Waals surface area contributed by atoms with E-state index in [1.165, 1.54) is 11.8 Å². The van der Waals surface area contributed by atoms with Crippen LogP contribution in [-0.2, 0) is 11.2 Å². The van der Waals surface area contributed by atoms with Gasteiger partial charge in [-0.05, 0) is 25.5 Å². The number of carbonyl (C=O) groups excluding carboxylic acids is 1. The van der Waals surface area contributed by atoms with Gasteiger partial charge < -0.3 is 5.32 Å². The van der Waals surface area contributed by atoms with Crippen LogP contribution in [0.25, 0.3) is 0 Å². The standard InChI is InChI=1S/C14H16Cl2N4OS/c1-3-5-11-18-14(20-19-11)22-8(2)13(21)17-10-7-4-6-9(15)12(10)16/h4,6-8H,3,5H2,1-2H3,(H,17,21)(H,18,19,20). The number of rotatable bonds is 6. The van der Waals surface area contributed by atoms with E-state index in [1.54, 1.807) is 25.1 Å². The quantitative estimate of drug-likeness (QED) is 0.759. The summed E-state index contributed by atoms with van der Waals surface area (Å²) in [6.07, 6.45) is 1.83. The highest BCUT2D eigenvalue weighted by atomic mass is 35.5. The fourth-order valence-corrected chi connectivity index (χ4v) is 2.82. The summed E-state index contributed by atoms with van der Waals surface area (Å²) in [6, 6.07) is 5.10. The summed E-state index contributed by atoms with van der Waals surface area (Å²) in [6.45, 7) is 3.86. The lowest BCUT2D eigenvalue weighted by atomic mass is 10.3. The number of halogens is 2. The summed E-state index contributed by atoms with van der Waals surface area (Å²) in [4.78, 5) is 16.5. The Morgan fingerprint density at radius 2 is 2.23 bits per heavy atom. The monoisotopic (exact) mass is 358 g/mol. The Balaban J connectivity index is 1.98. The SMILES string of the molecule is CCCc1nc(SC(C)C(=O)Nc2cccc(Cl)c2Cl)n[nH]1. The van der Waals surface area contributed by atoms with Crippen molar-refractivity contribution >= 4 is 46.6 Å². The van der Waals surface area contributed by atoms with Gasteiger partial charge in [-0.3, -0.25) is 9.89 Å². The van der Waals surface area contributed by atoms with Crippen LogP contribution >= 0.6 is 35.0 Å². The van der Waals surface area contributed by atoms with E-state index >= 15 is 0 Å². The number of thioether (sulfide) groups is 1. The molecular weight excluding hydrogens is 343 g/mol. The van der Waals surface area contributed by atoms with Crippen LogP contribution in [0.5, 0.6) is 0 Å². The van der Waals surface area contributed by atoms with Crippen molar-refractivity contribution in [2.75, 3.05) is 5.32 Å². The lowest BCUT2D eigenvalue weighted by Crippen LogP contribution is -2.22. The number of nitrogens with zero attached hydrogens (tertiary/aromatic N) is 2. The van der Waals surface area contributed by atoms with Crippen LogP contribution < -0.4 is 5.32 Å². The van der Waals surface area contributed by atoms with Gasteiger partial charge in [0.1, 0.15) is 5.82 Å². The van der Waals surface area contributed by atoms with E-state index in [2.05, 4.69) is 27.4 Å². The largest absolute Gasteiger partial charge is 0.324 e. The third-order valence-electron chi connectivity index (χ3n) is 2.86. The van der Waals surface area contributed by atoms with Gasteiger partial charge in [-0.15, -0.1) is 5.10 Å². The molecule has 1 aromatic heterocycles. The summed E-state index contributed by atoms with van der Waals surface area (Å²) >= 11 is 13.3. The van der Waals surface area contributed by atoms with Crippen LogP contribution in [0, 0.1) is 0 Å². The summed E-state index contributed by atoms with van der Waals surface area (Å²) in [5.74, 6) is 0.645. The number of aromatic nitrogens is 3. The smallest absolute Gasteiger partial charge is 0.237 e. The maximum atomic E-state index is 12.2. The van der Waals surface area contributed by atoms with Gasteiger partial charge in [-0.25, -0.2) is 4.98 Å². The van der Waals surface area contributed by atoms with E-state index in [0.29, 0.717) is 20.9 Å². The Labute approximate surface area is 143 Å². The first-order valence-electron chi connectivity index (χ1n) is 6.84. The number of anilines is 1. The summed E-state index contributed by atoms with van der Waals surface area (Å²) in [7, 11) is 0. The zero-order valence-electron chi connectivity index (χ0n) is 12.2. The maximum absolute atomic E-state index is 12.2. The lowest BCUT2D eigenvalue weighted by Gasteiger charge is -2.11. The van der Waals surface area contributed by atoms with E-state index < -0.39 is 0 Å². The number of hydrogen-bond acceptors (Lipinski definition) is 4. The third kappa shape index (κ3) is 4.38. The lowest BCUT2D eigenvalue weighted by molar-refractivity contribution is -0.115. The van der Waals surface area contributed by atoms with Gasteiger partial charge in [0.2, 0.25) is 11.1 Å². The molecule has 0 saturated heterocycles. The molecule has 0 spiro atoms. The number of aromatic amines is 1. The third-order valence-corrected chi connectivity index (χ3v) is 4.64. The topological polar surface area (TPSA) is 70.7 Å². The molecule has 2 aromatic rings. The average molecular weight is 359 g/mol. The molecule has 1 heterocycles. The van der Waals surface area contributed by atoms with Gasteiger partial charge >= 0.3 is 0 Å². The number of aryl methyl sites for hydroxylation is 1. The zero-order chi connectivity index (χ0) is 16.1. The maximum Gasteiger partial charge on any atom is 0.237 e. The van der Waals surface area contributed by atoms with Crippen molar-refractivity contribution in [2.45, 2.75) is 37.1 Å². The molecule has 0 fully saturated rings. The summed E-state index contributed by atoms with van der Waals surface area (Å²) in [5, 5.41) is 10.7. The molecule has 0 aliphatic carbocycles. The van der Waals surface area contributed by atoms with Crippen molar-refractivity contribution < 1.29 is 4.79 Å². The van der Waals surface area contributed by atoms with Crippen molar-refractivity contribution in [1.29, 1.82) is 0 Å². The first-order valence-corrected chi connectivity index (χ1v) is 8.47. The molecule has 0 aliphatic rings. The van der Waals surface area contributed by atoms with Crippen molar-refractivity contribution in [3.05, 3.63) is 34.1 Å². The second kappa shape index (κ2) is 7.85. The average Bonchev–Trinajstić information content (AvgIpc) is 2.91. The molecule has 0 saturated carbocycles. The van der Waals surface area contributed by atoms with Crippen LogP contribution in [0.2, 0.25) is 10.0 Å². The van der Waals surface area contributed by atoms with Crippen LogP contribution in [0.3, 0.4) is 0 Å². The van der Waals surface area contributed by atoms with E-state index in [9.17, 15) is 4.79 Å². The van der Waals surface area contributed by atoms with Crippen molar-refractivity contribution in [3.63, 3.8) is 0 Å². The van der Waals surface area contributed by atoms with Gasteiger partial charge in [0.15, 0.2) is 0 Å².